The number of rotatable bonds is 4. The summed E-state index contributed by atoms with van der Waals surface area (Å²) in [5.41, 5.74) is 5.53. The molecule has 274 valence electrons. The first-order chi connectivity index (χ1) is 24.3. The van der Waals surface area contributed by atoms with Crippen molar-refractivity contribution in [3.8, 4) is 0 Å². The number of nitrogens with zero attached hydrogens (tertiary/aromatic N) is 2. The first kappa shape index (κ1) is 34.4. The van der Waals surface area contributed by atoms with Gasteiger partial charge in [0.1, 0.15) is 11.0 Å². The number of ether oxygens (including phenoxy) is 1. The maximum absolute atomic E-state index is 14.9. The molecule has 9 rings (SSSR count). The van der Waals surface area contributed by atoms with Crippen LogP contribution in [0.4, 0.5) is 0 Å². The summed E-state index contributed by atoms with van der Waals surface area (Å²) >= 11 is 1.30. The summed E-state index contributed by atoms with van der Waals surface area (Å²) in [5.74, 6) is -0.820. The van der Waals surface area contributed by atoms with Crippen LogP contribution in [0.25, 0.3) is 22.6 Å². The summed E-state index contributed by atoms with van der Waals surface area (Å²) < 4.78 is 8.87. The van der Waals surface area contributed by atoms with Crippen molar-refractivity contribution in [2.24, 2.45) is 28.6 Å². The van der Waals surface area contributed by atoms with Gasteiger partial charge < -0.3 is 24.6 Å². The van der Waals surface area contributed by atoms with Crippen LogP contribution in [0.5, 0.6) is 0 Å². The van der Waals surface area contributed by atoms with Crippen molar-refractivity contribution in [3.05, 3.63) is 74.4 Å². The predicted octanol–water partition coefficient (Wildman–Crippen LogP) is 8.46. The first-order valence-electron chi connectivity index (χ1n) is 18.9. The van der Waals surface area contributed by atoms with Gasteiger partial charge in [0.05, 0.1) is 34.5 Å². The van der Waals surface area contributed by atoms with Crippen LogP contribution in [-0.4, -0.2) is 53.9 Å². The normalized spacial score (nSPS) is 37.8. The van der Waals surface area contributed by atoms with Gasteiger partial charge in [-0.05, 0) is 119 Å². The number of carbonyl (C=O) groups is 2. The minimum absolute atomic E-state index is 0.0176. The molecule has 1 aromatic carbocycles. The number of benzene rings is 1. The van der Waals surface area contributed by atoms with E-state index in [4.69, 9.17) is 4.74 Å². The molecular formula is C43H50N2O6S. The Bertz CT molecular complexity index is 2220. The molecular weight excluding hydrogens is 673 g/mol. The van der Waals surface area contributed by atoms with Crippen molar-refractivity contribution in [2.45, 2.75) is 122 Å². The largest absolute Gasteiger partial charge is 0.476 e. The molecule has 2 unspecified atom stereocenters. The maximum atomic E-state index is 14.9. The van der Waals surface area contributed by atoms with Gasteiger partial charge in [0.25, 0.3) is 0 Å². The van der Waals surface area contributed by atoms with Crippen LogP contribution >= 0.6 is 11.3 Å². The van der Waals surface area contributed by atoms with Gasteiger partial charge in [-0.3, -0.25) is 4.79 Å². The Hall–Kier alpha value is -3.37. The number of carbonyl (C=O) groups excluding carboxylic acids is 1. The second-order valence-corrected chi connectivity index (χ2v) is 19.4. The van der Waals surface area contributed by atoms with E-state index in [-0.39, 0.29) is 34.1 Å². The van der Waals surface area contributed by atoms with Crippen LogP contribution in [0.3, 0.4) is 0 Å². The van der Waals surface area contributed by atoms with Crippen LogP contribution in [0.1, 0.15) is 141 Å². The van der Waals surface area contributed by atoms with E-state index in [9.17, 15) is 24.9 Å². The number of aliphatic hydroxyl groups excluding tert-OH is 2. The van der Waals surface area contributed by atoms with Gasteiger partial charge in [0, 0.05) is 38.8 Å². The van der Waals surface area contributed by atoms with E-state index in [1.54, 1.807) is 5.38 Å². The SMILES string of the molecule is C=C(C)[C@H]1C(=O)c2c3c(cc4c5c(n1c24)[C@@]1(C)C(CC[C@H]2[C@](C)(/C=C/c4nc(C(=O)O)cs4)[C@@H](O)CC[C@@]21C)C5)C1=CC(C)(C)OC(C)(C)C1[C@@H]3O. The fraction of sp³-hybridized carbons (Fsp3) is 0.558. The third-order valence-corrected chi connectivity index (χ3v) is 15.7. The number of thiazole rings is 1. The topological polar surface area (TPSA) is 122 Å². The Balaban J connectivity index is 1.24. The number of allylic oxidation sites excluding steroid dienone is 1. The third kappa shape index (κ3) is 4.06. The van der Waals surface area contributed by atoms with Crippen LogP contribution in [0.2, 0.25) is 0 Å². The van der Waals surface area contributed by atoms with Gasteiger partial charge in [0.2, 0.25) is 0 Å². The van der Waals surface area contributed by atoms with Crippen molar-refractivity contribution in [1.82, 2.24) is 9.55 Å². The number of fused-ring (bicyclic) bond motifs is 11. The van der Waals surface area contributed by atoms with Crippen LogP contribution < -0.4 is 0 Å². The van der Waals surface area contributed by atoms with E-state index in [1.165, 1.54) is 22.6 Å². The molecule has 0 amide bonds. The van der Waals surface area contributed by atoms with Gasteiger partial charge >= 0.3 is 5.97 Å². The van der Waals surface area contributed by atoms with E-state index in [2.05, 4.69) is 69.0 Å². The fourth-order valence-corrected chi connectivity index (χ4v) is 13.5. The lowest BCUT2D eigenvalue weighted by Gasteiger charge is -2.64. The highest BCUT2D eigenvalue weighted by Crippen LogP contribution is 2.71. The third-order valence-electron chi connectivity index (χ3n) is 14.9. The van der Waals surface area contributed by atoms with E-state index >= 15 is 0 Å². The molecule has 8 nitrogen and oxygen atoms in total. The number of aromatic carboxylic acids is 1. The average molecular weight is 723 g/mol. The number of hydrogen-bond acceptors (Lipinski definition) is 7. The Morgan fingerprint density at radius 1 is 1.12 bits per heavy atom. The zero-order chi connectivity index (χ0) is 37.2. The van der Waals surface area contributed by atoms with E-state index in [1.807, 2.05) is 26.8 Å². The summed E-state index contributed by atoms with van der Waals surface area (Å²) in [6, 6.07) is 1.74. The molecule has 2 saturated carbocycles. The molecule has 2 fully saturated rings. The van der Waals surface area contributed by atoms with Crippen LogP contribution in [0, 0.1) is 28.6 Å². The van der Waals surface area contributed by atoms with Crippen molar-refractivity contribution in [1.29, 1.82) is 0 Å². The van der Waals surface area contributed by atoms with Gasteiger partial charge in [-0.15, -0.1) is 11.3 Å². The van der Waals surface area contributed by atoms with Crippen molar-refractivity contribution < 1.29 is 29.6 Å². The molecule has 2 aromatic heterocycles. The predicted molar refractivity (Wildman–Crippen MR) is 203 cm³/mol. The van der Waals surface area contributed by atoms with Crippen LogP contribution in [0.15, 0.2) is 35.8 Å². The molecule has 52 heavy (non-hydrogen) atoms. The van der Waals surface area contributed by atoms with E-state index < -0.39 is 40.8 Å². The average Bonchev–Trinajstić information content (AvgIpc) is 3.83. The molecule has 9 atom stereocenters. The molecule has 9 heteroatoms. The zero-order valence-corrected chi connectivity index (χ0v) is 32.3. The molecule has 6 aliphatic rings. The van der Waals surface area contributed by atoms with Crippen molar-refractivity contribution in [3.63, 3.8) is 0 Å². The Morgan fingerprint density at radius 2 is 1.85 bits per heavy atom. The highest BCUT2D eigenvalue weighted by Gasteiger charge is 2.68. The number of hydrogen-bond donors (Lipinski definition) is 3. The minimum atomic E-state index is -1.05. The Morgan fingerprint density at radius 3 is 2.52 bits per heavy atom. The number of carboxylic acids is 1. The van der Waals surface area contributed by atoms with Crippen molar-refractivity contribution in [2.75, 3.05) is 0 Å². The monoisotopic (exact) mass is 722 g/mol. The zero-order valence-electron chi connectivity index (χ0n) is 31.5. The minimum Gasteiger partial charge on any atom is -0.476 e. The molecule has 3 aromatic rings. The Kier molecular flexibility index (Phi) is 6.90. The molecule has 4 heterocycles. The van der Waals surface area contributed by atoms with Gasteiger partial charge in [-0.25, -0.2) is 9.78 Å². The number of Topliss-reactive ketones (excluding diaryl/α,β-unsaturated/α-hetero) is 1. The number of ketones is 1. The summed E-state index contributed by atoms with van der Waals surface area (Å²) in [7, 11) is 0. The standard InChI is InChI=1S/C43H50N2O6S/c1-20(2)33-36(48)31-30-22(25-18-39(3,4)51-40(5,6)32(25)35(30)47)17-23-24-16-21-10-11-27-41(7,14-13-29-44-26(19-52-29)38(49)50)28(46)12-15-42(27,8)43(21,9)37(24)45(33)34(23)31/h13-14,17-19,21,27-28,32-33,35,46-47H,1,10-12,15-16H2,2-9H3,(H,49,50)/b14-13+/t21?,27-,28-,32?,33-,35+,41-,42-,43+/m0/s1. The Labute approximate surface area is 309 Å². The first-order valence-corrected chi connectivity index (χ1v) is 19.8. The molecule has 0 saturated heterocycles. The molecule has 4 aliphatic carbocycles. The van der Waals surface area contributed by atoms with Crippen LogP contribution in [-0.2, 0) is 16.6 Å². The molecule has 0 bridgehead atoms. The highest BCUT2D eigenvalue weighted by atomic mass is 32.1. The lowest BCUT2D eigenvalue weighted by atomic mass is 9.40. The number of carboxylic acid groups (broad SMARTS) is 1. The molecule has 2 aliphatic heterocycles. The van der Waals surface area contributed by atoms with Crippen molar-refractivity contribution >= 4 is 45.6 Å². The maximum Gasteiger partial charge on any atom is 0.355 e. The fourth-order valence-electron chi connectivity index (χ4n) is 12.8. The molecule has 3 N–H and O–H groups in total. The number of aromatic nitrogens is 2. The number of aliphatic hydroxyl groups is 2. The van der Waals surface area contributed by atoms with E-state index in [0.29, 0.717) is 22.9 Å². The summed E-state index contributed by atoms with van der Waals surface area (Å²) in [5, 5.41) is 36.7. The van der Waals surface area contributed by atoms with Gasteiger partial charge in [-0.1, -0.05) is 39.0 Å². The second-order valence-electron chi connectivity index (χ2n) is 18.5. The summed E-state index contributed by atoms with van der Waals surface area (Å²) in [4.78, 5) is 30.7. The molecule has 0 spiro atoms. The highest BCUT2D eigenvalue weighted by molar-refractivity contribution is 7.10. The smallest absolute Gasteiger partial charge is 0.355 e. The summed E-state index contributed by atoms with van der Waals surface area (Å²) in [6.45, 7) is 21.6. The van der Waals surface area contributed by atoms with Gasteiger partial charge in [0.15, 0.2) is 11.5 Å². The lowest BCUT2D eigenvalue weighted by molar-refractivity contribution is -0.144. The quantitative estimate of drug-likeness (QED) is 0.231. The van der Waals surface area contributed by atoms with Gasteiger partial charge in [-0.2, -0.15) is 0 Å². The molecule has 0 radical (unpaired) electrons. The van der Waals surface area contributed by atoms with E-state index in [0.717, 1.165) is 58.9 Å². The summed E-state index contributed by atoms with van der Waals surface area (Å²) in [6.07, 6.45) is 9.11. The lowest BCUT2D eigenvalue weighted by Crippen LogP contribution is -2.62. The second kappa shape index (κ2) is 10.4.